The van der Waals surface area contributed by atoms with Crippen LogP contribution >= 0.6 is 0 Å². The third kappa shape index (κ3) is 5.25. The van der Waals surface area contributed by atoms with Crippen molar-refractivity contribution in [1.82, 2.24) is 15.1 Å². The first kappa shape index (κ1) is 21.5. The first-order chi connectivity index (χ1) is 14.5. The minimum absolute atomic E-state index is 0.0781. The van der Waals surface area contributed by atoms with Gasteiger partial charge in [0.2, 0.25) is 17.7 Å². The maximum Gasteiger partial charge on any atom is 0.308 e. The molecule has 0 aromatic heterocycles. The Morgan fingerprint density at radius 1 is 1.13 bits per heavy atom. The van der Waals surface area contributed by atoms with Crippen molar-refractivity contribution < 1.29 is 23.9 Å². The monoisotopic (exact) mass is 413 g/mol. The van der Waals surface area contributed by atoms with E-state index < -0.39 is 12.0 Å². The summed E-state index contributed by atoms with van der Waals surface area (Å²) in [6.07, 6.45) is 4.25. The number of benzene rings is 1. The summed E-state index contributed by atoms with van der Waals surface area (Å²) in [5, 5.41) is 2.70. The van der Waals surface area contributed by atoms with E-state index in [9.17, 15) is 19.2 Å². The number of piperidine rings is 1. The first-order valence-corrected chi connectivity index (χ1v) is 10.2. The van der Waals surface area contributed by atoms with Gasteiger partial charge in [0.05, 0.1) is 13.5 Å². The summed E-state index contributed by atoms with van der Waals surface area (Å²) >= 11 is 0. The predicted octanol–water partition coefficient (Wildman–Crippen LogP) is 0.829. The second-order valence-corrected chi connectivity index (χ2v) is 7.46. The van der Waals surface area contributed by atoms with Gasteiger partial charge in [0, 0.05) is 38.2 Å². The lowest BCUT2D eigenvalue weighted by Gasteiger charge is -2.39. The fourth-order valence-electron chi connectivity index (χ4n) is 3.84. The highest BCUT2D eigenvalue weighted by molar-refractivity contribution is 5.93. The van der Waals surface area contributed by atoms with Crippen molar-refractivity contribution in [2.24, 2.45) is 5.92 Å². The third-order valence-electron chi connectivity index (χ3n) is 5.58. The molecule has 3 rings (SSSR count). The van der Waals surface area contributed by atoms with Crippen molar-refractivity contribution in [2.45, 2.75) is 25.3 Å². The molecule has 8 heteroatoms. The number of carbonyl (C=O) groups is 4. The van der Waals surface area contributed by atoms with Crippen molar-refractivity contribution >= 4 is 29.8 Å². The summed E-state index contributed by atoms with van der Waals surface area (Å²) in [6.45, 7) is 1.70. The molecule has 2 aliphatic heterocycles. The van der Waals surface area contributed by atoms with E-state index in [0.717, 1.165) is 5.56 Å². The van der Waals surface area contributed by atoms with Crippen LogP contribution < -0.4 is 5.32 Å². The van der Waals surface area contributed by atoms with Crippen LogP contribution in [0.5, 0.6) is 0 Å². The van der Waals surface area contributed by atoms with Gasteiger partial charge in [0.25, 0.3) is 0 Å². The van der Waals surface area contributed by atoms with Crippen LogP contribution in [0.25, 0.3) is 6.08 Å². The zero-order valence-electron chi connectivity index (χ0n) is 17.1. The van der Waals surface area contributed by atoms with Gasteiger partial charge in [-0.2, -0.15) is 0 Å². The summed E-state index contributed by atoms with van der Waals surface area (Å²) in [7, 11) is 1.26. The Labute approximate surface area is 175 Å². The molecule has 3 amide bonds. The van der Waals surface area contributed by atoms with Gasteiger partial charge in [0.1, 0.15) is 6.04 Å². The van der Waals surface area contributed by atoms with Gasteiger partial charge in [0.15, 0.2) is 0 Å². The quantitative estimate of drug-likeness (QED) is 0.570. The molecule has 160 valence electrons. The Morgan fingerprint density at radius 3 is 2.50 bits per heavy atom. The van der Waals surface area contributed by atoms with E-state index in [2.05, 4.69) is 10.1 Å². The molecule has 0 bridgehead atoms. The van der Waals surface area contributed by atoms with Crippen LogP contribution in [-0.2, 0) is 23.9 Å². The van der Waals surface area contributed by atoms with E-state index in [0.29, 0.717) is 39.0 Å². The fraction of sp³-hybridized carbons (Fsp3) is 0.455. The normalized spacial score (nSPS) is 20.2. The maximum absolute atomic E-state index is 13.0. The molecule has 1 aromatic rings. The second kappa shape index (κ2) is 10.0. The van der Waals surface area contributed by atoms with Crippen LogP contribution in [-0.4, -0.2) is 72.8 Å². The number of ether oxygens (including phenoxy) is 1. The zero-order valence-corrected chi connectivity index (χ0v) is 17.1. The maximum atomic E-state index is 13.0. The van der Waals surface area contributed by atoms with E-state index in [4.69, 9.17) is 0 Å². The molecule has 1 unspecified atom stereocenters. The number of piperazine rings is 1. The molecule has 0 radical (unpaired) electrons. The number of methoxy groups -OCH3 is 1. The number of likely N-dealkylation sites (tertiary alicyclic amines) is 1. The lowest BCUT2D eigenvalue weighted by atomic mass is 9.93. The van der Waals surface area contributed by atoms with Gasteiger partial charge in [-0.05, 0) is 24.5 Å². The fourth-order valence-corrected chi connectivity index (χ4v) is 3.84. The van der Waals surface area contributed by atoms with Crippen molar-refractivity contribution in [1.29, 1.82) is 0 Å². The molecule has 2 heterocycles. The van der Waals surface area contributed by atoms with Crippen LogP contribution in [0.2, 0.25) is 0 Å². The van der Waals surface area contributed by atoms with Crippen molar-refractivity contribution in [3.8, 4) is 0 Å². The van der Waals surface area contributed by atoms with Crippen LogP contribution in [0.1, 0.15) is 24.8 Å². The number of carbonyl (C=O) groups excluding carboxylic acids is 4. The summed E-state index contributed by atoms with van der Waals surface area (Å²) in [5.41, 5.74) is 0.955. The standard InChI is InChI=1S/C22H27N3O5/c1-30-20(27)15-18-21(28)23-11-14-25(18)22(29)17-9-12-24(13-10-17)19(26)8-7-16-5-3-2-4-6-16/h2-8,17-18H,9-15H2,1H3,(H,23,28)/b8-7+. The van der Waals surface area contributed by atoms with Gasteiger partial charge < -0.3 is 19.9 Å². The molecule has 2 aliphatic rings. The smallest absolute Gasteiger partial charge is 0.308 e. The number of esters is 1. The van der Waals surface area contributed by atoms with Gasteiger partial charge in [-0.25, -0.2) is 0 Å². The van der Waals surface area contributed by atoms with Crippen molar-refractivity contribution in [2.75, 3.05) is 33.3 Å². The Bertz CT molecular complexity index is 815. The molecule has 1 aromatic carbocycles. The Hall–Kier alpha value is -3.16. The van der Waals surface area contributed by atoms with E-state index in [1.807, 2.05) is 30.3 Å². The van der Waals surface area contributed by atoms with Crippen LogP contribution in [0.4, 0.5) is 0 Å². The largest absolute Gasteiger partial charge is 0.469 e. The van der Waals surface area contributed by atoms with Gasteiger partial charge in [-0.1, -0.05) is 30.3 Å². The predicted molar refractivity (Wildman–Crippen MR) is 110 cm³/mol. The molecule has 1 atom stereocenters. The van der Waals surface area contributed by atoms with Crippen molar-refractivity contribution in [3.05, 3.63) is 42.0 Å². The van der Waals surface area contributed by atoms with Gasteiger partial charge in [-0.3, -0.25) is 19.2 Å². The molecule has 2 fully saturated rings. The summed E-state index contributed by atoms with van der Waals surface area (Å²) in [5.74, 6) is -1.34. The number of hydrogen-bond donors (Lipinski definition) is 1. The molecule has 0 spiro atoms. The minimum atomic E-state index is -0.841. The molecule has 1 N–H and O–H groups in total. The second-order valence-electron chi connectivity index (χ2n) is 7.46. The molecule has 0 saturated carbocycles. The van der Waals surface area contributed by atoms with E-state index >= 15 is 0 Å². The molecule has 30 heavy (non-hydrogen) atoms. The Balaban J connectivity index is 1.56. The van der Waals surface area contributed by atoms with Crippen LogP contribution in [0.15, 0.2) is 36.4 Å². The van der Waals surface area contributed by atoms with E-state index in [-0.39, 0.29) is 30.1 Å². The molecule has 8 nitrogen and oxygen atoms in total. The number of rotatable bonds is 5. The van der Waals surface area contributed by atoms with E-state index in [1.165, 1.54) is 12.0 Å². The average molecular weight is 413 g/mol. The number of nitrogens with one attached hydrogen (secondary N) is 1. The van der Waals surface area contributed by atoms with Crippen LogP contribution in [0.3, 0.4) is 0 Å². The topological polar surface area (TPSA) is 96.0 Å². The molecular weight excluding hydrogens is 386 g/mol. The zero-order chi connectivity index (χ0) is 21.5. The highest BCUT2D eigenvalue weighted by atomic mass is 16.5. The highest BCUT2D eigenvalue weighted by Gasteiger charge is 2.38. The van der Waals surface area contributed by atoms with Gasteiger partial charge in [-0.15, -0.1) is 0 Å². The number of hydrogen-bond acceptors (Lipinski definition) is 5. The van der Waals surface area contributed by atoms with Crippen molar-refractivity contribution in [3.63, 3.8) is 0 Å². The Kier molecular flexibility index (Phi) is 7.21. The molecule has 0 aliphatic carbocycles. The summed E-state index contributed by atoms with van der Waals surface area (Å²) in [6, 6.07) is 8.75. The summed E-state index contributed by atoms with van der Waals surface area (Å²) < 4.78 is 4.66. The molecular formula is C22H27N3O5. The third-order valence-corrected chi connectivity index (χ3v) is 5.58. The number of nitrogens with zero attached hydrogens (tertiary/aromatic N) is 2. The van der Waals surface area contributed by atoms with E-state index in [1.54, 1.807) is 17.1 Å². The molecule has 2 saturated heterocycles. The van der Waals surface area contributed by atoms with Crippen LogP contribution in [0, 0.1) is 5.92 Å². The number of amides is 3. The lowest BCUT2D eigenvalue weighted by molar-refractivity contribution is -0.153. The lowest BCUT2D eigenvalue weighted by Crippen LogP contribution is -2.59. The summed E-state index contributed by atoms with van der Waals surface area (Å²) in [4.78, 5) is 52.6. The Morgan fingerprint density at radius 2 is 1.83 bits per heavy atom. The van der Waals surface area contributed by atoms with Gasteiger partial charge >= 0.3 is 5.97 Å². The minimum Gasteiger partial charge on any atom is -0.469 e. The SMILES string of the molecule is COC(=O)CC1C(=O)NCCN1C(=O)C1CCN(C(=O)/C=C/c2ccccc2)CC1. The average Bonchev–Trinajstić information content (AvgIpc) is 2.79. The highest BCUT2D eigenvalue weighted by Crippen LogP contribution is 2.23. The first-order valence-electron chi connectivity index (χ1n) is 10.2.